The van der Waals surface area contributed by atoms with Gasteiger partial charge in [0.25, 0.3) is 0 Å². The molecule has 3 nitrogen and oxygen atoms in total. The van der Waals surface area contributed by atoms with Gasteiger partial charge in [-0.15, -0.1) is 0 Å². The number of aryl methyl sites for hydroxylation is 1. The monoisotopic (exact) mass is 263 g/mol. The summed E-state index contributed by atoms with van der Waals surface area (Å²) < 4.78 is 6.15. The topological polar surface area (TPSA) is 55.5 Å². The normalized spacial score (nSPS) is 26.9. The molecule has 0 bridgehead atoms. The Bertz CT molecular complexity index is 444. The van der Waals surface area contributed by atoms with Gasteiger partial charge in [0.1, 0.15) is 11.9 Å². The molecular formula is C16H25NO2. The fraction of sp³-hybridized carbons (Fsp3) is 0.625. The second kappa shape index (κ2) is 5.51. The van der Waals surface area contributed by atoms with Crippen molar-refractivity contribution >= 4 is 0 Å². The highest BCUT2D eigenvalue weighted by atomic mass is 16.5. The lowest BCUT2D eigenvalue weighted by Gasteiger charge is -2.22. The van der Waals surface area contributed by atoms with Crippen molar-refractivity contribution in [3.05, 3.63) is 29.3 Å². The Morgan fingerprint density at radius 1 is 1.47 bits per heavy atom. The van der Waals surface area contributed by atoms with Crippen molar-refractivity contribution in [2.75, 3.05) is 6.61 Å². The van der Waals surface area contributed by atoms with Crippen molar-refractivity contribution in [1.29, 1.82) is 0 Å². The quantitative estimate of drug-likeness (QED) is 0.878. The standard InChI is InChI=1S/C16H25NO2/c1-11(2)14-5-4-12(3)8-15(14)19-13-6-7-16(17,9-13)10-18/h4-5,8,11,13,18H,6-7,9-10,17H2,1-3H3. The Balaban J connectivity index is 2.13. The predicted octanol–water partition coefficient (Wildman–Crippen LogP) is 2.74. The van der Waals surface area contributed by atoms with Gasteiger partial charge in [0.15, 0.2) is 0 Å². The van der Waals surface area contributed by atoms with Gasteiger partial charge in [-0.3, -0.25) is 0 Å². The third-order valence-electron chi connectivity index (χ3n) is 4.00. The van der Waals surface area contributed by atoms with Gasteiger partial charge in [0, 0.05) is 12.0 Å². The number of aliphatic hydroxyl groups is 1. The number of nitrogens with two attached hydrogens (primary N) is 1. The van der Waals surface area contributed by atoms with Crippen LogP contribution in [0.25, 0.3) is 0 Å². The zero-order valence-electron chi connectivity index (χ0n) is 12.1. The fourth-order valence-corrected chi connectivity index (χ4v) is 2.75. The molecule has 0 radical (unpaired) electrons. The summed E-state index contributed by atoms with van der Waals surface area (Å²) in [7, 11) is 0. The van der Waals surface area contributed by atoms with Crippen LogP contribution in [0.4, 0.5) is 0 Å². The van der Waals surface area contributed by atoms with Crippen LogP contribution in [-0.2, 0) is 0 Å². The summed E-state index contributed by atoms with van der Waals surface area (Å²) >= 11 is 0. The lowest BCUT2D eigenvalue weighted by atomic mass is 10.00. The number of ether oxygens (including phenoxy) is 1. The van der Waals surface area contributed by atoms with Crippen LogP contribution in [0, 0.1) is 6.92 Å². The minimum atomic E-state index is -0.452. The molecule has 1 fully saturated rings. The zero-order valence-corrected chi connectivity index (χ0v) is 12.1. The Morgan fingerprint density at radius 2 is 2.21 bits per heavy atom. The third kappa shape index (κ3) is 3.28. The van der Waals surface area contributed by atoms with Crippen LogP contribution in [0.15, 0.2) is 18.2 Å². The third-order valence-corrected chi connectivity index (χ3v) is 4.00. The summed E-state index contributed by atoms with van der Waals surface area (Å²) in [5.41, 5.74) is 8.10. The molecule has 2 atom stereocenters. The lowest BCUT2D eigenvalue weighted by Crippen LogP contribution is -2.41. The summed E-state index contributed by atoms with van der Waals surface area (Å²) in [4.78, 5) is 0. The SMILES string of the molecule is Cc1ccc(C(C)C)c(OC2CCC(N)(CO)C2)c1. The zero-order chi connectivity index (χ0) is 14.0. The van der Waals surface area contributed by atoms with Gasteiger partial charge in [-0.25, -0.2) is 0 Å². The van der Waals surface area contributed by atoms with Crippen LogP contribution in [0.3, 0.4) is 0 Å². The molecule has 0 saturated heterocycles. The number of aliphatic hydroxyl groups excluding tert-OH is 1. The summed E-state index contributed by atoms with van der Waals surface area (Å²) in [6.45, 7) is 6.46. The molecular weight excluding hydrogens is 238 g/mol. The molecule has 0 aliphatic heterocycles. The van der Waals surface area contributed by atoms with E-state index in [1.165, 1.54) is 11.1 Å². The Labute approximate surface area is 115 Å². The van der Waals surface area contributed by atoms with Crippen molar-refractivity contribution in [1.82, 2.24) is 0 Å². The molecule has 3 heteroatoms. The maximum Gasteiger partial charge on any atom is 0.123 e. The van der Waals surface area contributed by atoms with E-state index < -0.39 is 5.54 Å². The molecule has 1 aromatic carbocycles. The average Bonchev–Trinajstić information content (AvgIpc) is 2.71. The molecule has 1 aromatic rings. The molecule has 3 N–H and O–H groups in total. The molecule has 0 aromatic heterocycles. The van der Waals surface area contributed by atoms with E-state index in [0.29, 0.717) is 5.92 Å². The van der Waals surface area contributed by atoms with Crippen LogP contribution < -0.4 is 10.5 Å². The van der Waals surface area contributed by atoms with Crippen LogP contribution in [0.2, 0.25) is 0 Å². The van der Waals surface area contributed by atoms with Crippen molar-refractivity contribution < 1.29 is 9.84 Å². The molecule has 19 heavy (non-hydrogen) atoms. The van der Waals surface area contributed by atoms with Crippen molar-refractivity contribution in [3.63, 3.8) is 0 Å². The van der Waals surface area contributed by atoms with Crippen LogP contribution >= 0.6 is 0 Å². The number of hydrogen-bond donors (Lipinski definition) is 2. The Kier molecular flexibility index (Phi) is 4.16. The molecule has 2 rings (SSSR count). The maximum absolute atomic E-state index is 9.32. The van der Waals surface area contributed by atoms with Gasteiger partial charge in [0.05, 0.1) is 6.61 Å². The van der Waals surface area contributed by atoms with E-state index in [1.54, 1.807) is 0 Å². The van der Waals surface area contributed by atoms with Crippen molar-refractivity contribution in [2.45, 2.75) is 57.6 Å². The molecule has 0 spiro atoms. The maximum atomic E-state index is 9.32. The largest absolute Gasteiger partial charge is 0.490 e. The molecule has 0 heterocycles. The average molecular weight is 263 g/mol. The molecule has 1 aliphatic rings. The summed E-state index contributed by atoms with van der Waals surface area (Å²) in [5, 5.41) is 9.32. The summed E-state index contributed by atoms with van der Waals surface area (Å²) in [6, 6.07) is 6.37. The first kappa shape index (κ1) is 14.4. The van der Waals surface area contributed by atoms with E-state index >= 15 is 0 Å². The Morgan fingerprint density at radius 3 is 2.79 bits per heavy atom. The first-order chi connectivity index (χ1) is 8.93. The van der Waals surface area contributed by atoms with Gasteiger partial charge < -0.3 is 15.6 Å². The van der Waals surface area contributed by atoms with E-state index in [4.69, 9.17) is 10.5 Å². The van der Waals surface area contributed by atoms with E-state index in [-0.39, 0.29) is 12.7 Å². The highest BCUT2D eigenvalue weighted by molar-refractivity contribution is 5.39. The van der Waals surface area contributed by atoms with Gasteiger partial charge >= 0.3 is 0 Å². The van der Waals surface area contributed by atoms with Crippen LogP contribution in [-0.4, -0.2) is 23.4 Å². The number of rotatable bonds is 4. The minimum Gasteiger partial charge on any atom is -0.490 e. The summed E-state index contributed by atoms with van der Waals surface area (Å²) in [5.74, 6) is 1.42. The highest BCUT2D eigenvalue weighted by Crippen LogP contribution is 2.34. The molecule has 0 amide bonds. The predicted molar refractivity (Wildman–Crippen MR) is 77.5 cm³/mol. The summed E-state index contributed by atoms with van der Waals surface area (Å²) in [6.07, 6.45) is 2.60. The molecule has 1 saturated carbocycles. The van der Waals surface area contributed by atoms with Gasteiger partial charge in [-0.2, -0.15) is 0 Å². The number of hydrogen-bond acceptors (Lipinski definition) is 3. The Hall–Kier alpha value is -1.06. The smallest absolute Gasteiger partial charge is 0.123 e. The first-order valence-corrected chi connectivity index (χ1v) is 7.10. The number of benzene rings is 1. The van der Waals surface area contributed by atoms with Crippen molar-refractivity contribution in [2.24, 2.45) is 5.73 Å². The minimum absolute atomic E-state index is 0.0394. The second-order valence-corrected chi connectivity index (χ2v) is 6.20. The van der Waals surface area contributed by atoms with Crippen LogP contribution in [0.1, 0.15) is 50.2 Å². The van der Waals surface area contributed by atoms with E-state index in [1.807, 2.05) is 0 Å². The van der Waals surface area contributed by atoms with Gasteiger partial charge in [0.2, 0.25) is 0 Å². The lowest BCUT2D eigenvalue weighted by molar-refractivity contribution is 0.164. The first-order valence-electron chi connectivity index (χ1n) is 7.10. The van der Waals surface area contributed by atoms with Crippen LogP contribution in [0.5, 0.6) is 5.75 Å². The van der Waals surface area contributed by atoms with E-state index in [2.05, 4.69) is 39.0 Å². The van der Waals surface area contributed by atoms with Gasteiger partial charge in [-0.05, 0) is 42.9 Å². The highest BCUT2D eigenvalue weighted by Gasteiger charge is 2.36. The molecule has 1 aliphatic carbocycles. The fourth-order valence-electron chi connectivity index (χ4n) is 2.75. The van der Waals surface area contributed by atoms with Crippen molar-refractivity contribution in [3.8, 4) is 5.75 Å². The van der Waals surface area contributed by atoms with E-state index in [9.17, 15) is 5.11 Å². The molecule has 2 unspecified atom stereocenters. The molecule has 106 valence electrons. The van der Waals surface area contributed by atoms with E-state index in [0.717, 1.165) is 25.0 Å². The second-order valence-electron chi connectivity index (χ2n) is 6.20. The van der Waals surface area contributed by atoms with Gasteiger partial charge in [-0.1, -0.05) is 26.0 Å².